The number of hydrogen-bond donors (Lipinski definition) is 1. The SMILES string of the molecule is CCCC(C(=O)OCC)C(O)c1ccccc1CC. The molecule has 19 heavy (non-hydrogen) atoms. The van der Waals surface area contributed by atoms with E-state index in [-0.39, 0.29) is 5.97 Å². The fraction of sp³-hybridized carbons (Fsp3) is 0.562. The highest BCUT2D eigenvalue weighted by Gasteiger charge is 2.29. The van der Waals surface area contributed by atoms with Gasteiger partial charge < -0.3 is 9.84 Å². The summed E-state index contributed by atoms with van der Waals surface area (Å²) in [4.78, 5) is 12.0. The van der Waals surface area contributed by atoms with Crippen molar-refractivity contribution in [3.05, 3.63) is 35.4 Å². The molecule has 0 amide bonds. The Balaban J connectivity index is 2.98. The third-order valence-corrected chi connectivity index (χ3v) is 3.32. The molecule has 0 aromatic heterocycles. The summed E-state index contributed by atoms with van der Waals surface area (Å²) in [6.07, 6.45) is 1.54. The summed E-state index contributed by atoms with van der Waals surface area (Å²) in [6.45, 7) is 6.18. The first-order chi connectivity index (χ1) is 9.15. The van der Waals surface area contributed by atoms with Gasteiger partial charge >= 0.3 is 5.97 Å². The van der Waals surface area contributed by atoms with Crippen molar-refractivity contribution in [3.63, 3.8) is 0 Å². The molecule has 1 aromatic rings. The van der Waals surface area contributed by atoms with Crippen molar-refractivity contribution in [2.45, 2.75) is 46.1 Å². The van der Waals surface area contributed by atoms with Gasteiger partial charge in [0.25, 0.3) is 0 Å². The number of aliphatic hydroxyl groups is 1. The highest BCUT2D eigenvalue weighted by molar-refractivity contribution is 5.73. The lowest BCUT2D eigenvalue weighted by atomic mass is 9.88. The first-order valence-electron chi connectivity index (χ1n) is 7.08. The van der Waals surface area contributed by atoms with Gasteiger partial charge in [0.2, 0.25) is 0 Å². The number of hydrogen-bond acceptors (Lipinski definition) is 3. The predicted molar refractivity (Wildman–Crippen MR) is 75.8 cm³/mol. The van der Waals surface area contributed by atoms with Crippen LogP contribution in [-0.2, 0) is 16.0 Å². The molecule has 0 radical (unpaired) electrons. The van der Waals surface area contributed by atoms with Crippen LogP contribution in [0.2, 0.25) is 0 Å². The van der Waals surface area contributed by atoms with E-state index < -0.39 is 12.0 Å². The normalized spacial score (nSPS) is 13.9. The van der Waals surface area contributed by atoms with Gasteiger partial charge in [0.05, 0.1) is 18.6 Å². The second-order valence-electron chi connectivity index (χ2n) is 4.64. The van der Waals surface area contributed by atoms with E-state index >= 15 is 0 Å². The summed E-state index contributed by atoms with van der Waals surface area (Å²) >= 11 is 0. The Kier molecular flexibility index (Phi) is 6.57. The van der Waals surface area contributed by atoms with Gasteiger partial charge in [-0.2, -0.15) is 0 Å². The lowest BCUT2D eigenvalue weighted by molar-refractivity contribution is -0.152. The van der Waals surface area contributed by atoms with Crippen LogP contribution in [0.5, 0.6) is 0 Å². The predicted octanol–water partition coefficient (Wildman–Crippen LogP) is 3.26. The van der Waals surface area contributed by atoms with Gasteiger partial charge in [-0.15, -0.1) is 0 Å². The van der Waals surface area contributed by atoms with Crippen LogP contribution in [-0.4, -0.2) is 17.7 Å². The quantitative estimate of drug-likeness (QED) is 0.769. The smallest absolute Gasteiger partial charge is 0.311 e. The van der Waals surface area contributed by atoms with Crippen LogP contribution in [0.25, 0.3) is 0 Å². The summed E-state index contributed by atoms with van der Waals surface area (Å²) in [7, 11) is 0. The fourth-order valence-corrected chi connectivity index (χ4v) is 2.33. The second-order valence-corrected chi connectivity index (χ2v) is 4.64. The minimum Gasteiger partial charge on any atom is -0.466 e. The molecule has 106 valence electrons. The van der Waals surface area contributed by atoms with Crippen LogP contribution in [0, 0.1) is 5.92 Å². The van der Waals surface area contributed by atoms with E-state index in [4.69, 9.17) is 4.74 Å². The number of aryl methyl sites for hydroxylation is 1. The molecule has 0 fully saturated rings. The number of rotatable bonds is 7. The number of esters is 1. The lowest BCUT2D eigenvalue weighted by Gasteiger charge is -2.23. The van der Waals surface area contributed by atoms with E-state index in [0.717, 1.165) is 24.0 Å². The molecule has 0 aliphatic carbocycles. The largest absolute Gasteiger partial charge is 0.466 e. The maximum absolute atomic E-state index is 12.0. The zero-order valence-corrected chi connectivity index (χ0v) is 12.1. The topological polar surface area (TPSA) is 46.5 Å². The number of benzene rings is 1. The summed E-state index contributed by atoms with van der Waals surface area (Å²) in [5.74, 6) is -0.777. The van der Waals surface area contributed by atoms with Crippen LogP contribution >= 0.6 is 0 Å². The van der Waals surface area contributed by atoms with Gasteiger partial charge in [0.1, 0.15) is 0 Å². The van der Waals surface area contributed by atoms with E-state index in [9.17, 15) is 9.90 Å². The summed E-state index contributed by atoms with van der Waals surface area (Å²) < 4.78 is 5.07. The number of carbonyl (C=O) groups excluding carboxylic acids is 1. The standard InChI is InChI=1S/C16H24O3/c1-4-9-14(16(18)19-6-3)15(17)13-11-8-7-10-12(13)5-2/h7-8,10-11,14-15,17H,4-6,9H2,1-3H3. The van der Waals surface area contributed by atoms with Gasteiger partial charge in [0, 0.05) is 0 Å². The maximum Gasteiger partial charge on any atom is 0.311 e. The summed E-state index contributed by atoms with van der Waals surface area (Å²) in [6, 6.07) is 7.73. The Morgan fingerprint density at radius 1 is 1.26 bits per heavy atom. The van der Waals surface area contributed by atoms with Gasteiger partial charge in [-0.1, -0.05) is 44.5 Å². The first-order valence-corrected chi connectivity index (χ1v) is 7.08. The van der Waals surface area contributed by atoms with E-state index in [1.807, 2.05) is 38.1 Å². The van der Waals surface area contributed by atoms with Crippen LogP contribution in [0.3, 0.4) is 0 Å². The Labute approximate surface area is 115 Å². The minimum atomic E-state index is -0.782. The van der Waals surface area contributed by atoms with Crippen molar-refractivity contribution in [1.29, 1.82) is 0 Å². The molecule has 0 spiro atoms. The molecule has 0 saturated carbocycles. The maximum atomic E-state index is 12.0. The molecule has 3 nitrogen and oxygen atoms in total. The lowest BCUT2D eigenvalue weighted by Crippen LogP contribution is -2.25. The van der Waals surface area contributed by atoms with Crippen LogP contribution in [0.1, 0.15) is 50.8 Å². The Bertz CT molecular complexity index is 401. The van der Waals surface area contributed by atoms with E-state index in [2.05, 4.69) is 0 Å². The van der Waals surface area contributed by atoms with E-state index in [0.29, 0.717) is 13.0 Å². The molecule has 1 aromatic carbocycles. The number of carbonyl (C=O) groups is 1. The molecule has 3 heteroatoms. The third-order valence-electron chi connectivity index (χ3n) is 3.32. The van der Waals surface area contributed by atoms with Crippen LogP contribution in [0.15, 0.2) is 24.3 Å². The molecule has 0 aliphatic rings. The molecular weight excluding hydrogens is 240 g/mol. The fourth-order valence-electron chi connectivity index (χ4n) is 2.33. The number of ether oxygens (including phenoxy) is 1. The average molecular weight is 264 g/mol. The van der Waals surface area contributed by atoms with Gasteiger partial charge in [0.15, 0.2) is 0 Å². The van der Waals surface area contributed by atoms with Crippen LogP contribution < -0.4 is 0 Å². The minimum absolute atomic E-state index is 0.303. The highest BCUT2D eigenvalue weighted by atomic mass is 16.5. The average Bonchev–Trinajstić information content (AvgIpc) is 2.44. The van der Waals surface area contributed by atoms with Gasteiger partial charge in [-0.3, -0.25) is 4.79 Å². The number of aliphatic hydroxyl groups excluding tert-OH is 1. The van der Waals surface area contributed by atoms with Gasteiger partial charge in [-0.25, -0.2) is 0 Å². The summed E-state index contributed by atoms with van der Waals surface area (Å²) in [5.41, 5.74) is 1.93. The van der Waals surface area contributed by atoms with Crippen molar-refractivity contribution in [2.75, 3.05) is 6.61 Å². The van der Waals surface area contributed by atoms with E-state index in [1.54, 1.807) is 6.92 Å². The van der Waals surface area contributed by atoms with Gasteiger partial charge in [-0.05, 0) is 30.9 Å². The Hall–Kier alpha value is -1.35. The first kappa shape index (κ1) is 15.7. The van der Waals surface area contributed by atoms with Crippen molar-refractivity contribution >= 4 is 5.97 Å². The molecule has 0 bridgehead atoms. The van der Waals surface area contributed by atoms with Crippen molar-refractivity contribution in [2.24, 2.45) is 5.92 Å². The zero-order valence-electron chi connectivity index (χ0n) is 12.1. The third kappa shape index (κ3) is 4.06. The van der Waals surface area contributed by atoms with Crippen molar-refractivity contribution in [1.82, 2.24) is 0 Å². The molecule has 1 rings (SSSR count). The molecule has 0 saturated heterocycles. The molecule has 2 unspecified atom stereocenters. The van der Waals surface area contributed by atoms with Crippen molar-refractivity contribution in [3.8, 4) is 0 Å². The Morgan fingerprint density at radius 2 is 1.95 bits per heavy atom. The monoisotopic (exact) mass is 264 g/mol. The van der Waals surface area contributed by atoms with Crippen molar-refractivity contribution < 1.29 is 14.6 Å². The van der Waals surface area contributed by atoms with Crippen LogP contribution in [0.4, 0.5) is 0 Å². The molecule has 2 atom stereocenters. The second kappa shape index (κ2) is 7.95. The summed E-state index contributed by atoms with van der Waals surface area (Å²) in [5, 5.41) is 10.5. The highest BCUT2D eigenvalue weighted by Crippen LogP contribution is 2.29. The van der Waals surface area contributed by atoms with E-state index in [1.165, 1.54) is 0 Å². The Morgan fingerprint density at radius 3 is 2.53 bits per heavy atom. The molecule has 0 aliphatic heterocycles. The molecule has 1 N–H and O–H groups in total. The molecular formula is C16H24O3. The molecule has 0 heterocycles. The zero-order chi connectivity index (χ0) is 14.3.